The maximum Gasteiger partial charge on any atom is 0.350 e. The third-order valence-electron chi connectivity index (χ3n) is 6.48. The molecule has 1 aliphatic heterocycles. The van der Waals surface area contributed by atoms with Gasteiger partial charge in [-0.05, 0) is 49.8 Å². The molecule has 0 spiro atoms. The molecular weight excluding hydrogens is 504 g/mol. The number of hydrogen-bond donors (Lipinski definition) is 2. The van der Waals surface area contributed by atoms with E-state index in [1.165, 1.54) is 18.4 Å². The van der Waals surface area contributed by atoms with Gasteiger partial charge in [0.15, 0.2) is 5.13 Å². The van der Waals surface area contributed by atoms with E-state index in [1.807, 2.05) is 18.2 Å². The molecular formula is C27H34N6O4S. The number of nitrogens with one attached hydrogen (secondary N) is 2. The Labute approximate surface area is 226 Å². The summed E-state index contributed by atoms with van der Waals surface area (Å²) in [6.45, 7) is 10.8. The number of nitrogens with zero attached hydrogens (tertiary/aromatic N) is 4. The van der Waals surface area contributed by atoms with Crippen LogP contribution in [0, 0.1) is 12.3 Å². The molecule has 0 radical (unpaired) electrons. The smallest absolute Gasteiger partial charge is 0.350 e. The zero-order valence-electron chi connectivity index (χ0n) is 22.5. The number of anilines is 4. The lowest BCUT2D eigenvalue weighted by molar-refractivity contribution is 0.0529. The molecule has 0 unspecified atom stereocenters. The minimum absolute atomic E-state index is 0.303. The number of benzene rings is 1. The van der Waals surface area contributed by atoms with Gasteiger partial charge in [-0.1, -0.05) is 37.3 Å². The van der Waals surface area contributed by atoms with Crippen LogP contribution in [-0.4, -0.2) is 53.7 Å². The van der Waals surface area contributed by atoms with Crippen molar-refractivity contribution in [3.8, 4) is 0 Å². The number of esters is 2. The van der Waals surface area contributed by atoms with E-state index in [1.54, 1.807) is 26.0 Å². The number of carbonyl (C=O) groups is 2. The Hall–Kier alpha value is -3.73. The second kappa shape index (κ2) is 11.8. The minimum atomic E-state index is -0.387. The van der Waals surface area contributed by atoms with Crippen LogP contribution in [0.1, 0.15) is 64.9 Å². The summed E-state index contributed by atoms with van der Waals surface area (Å²) in [7, 11) is 1.37. The molecule has 1 fully saturated rings. The first-order valence-corrected chi connectivity index (χ1v) is 13.5. The molecule has 0 saturated carbocycles. The Bertz CT molecular complexity index is 1280. The van der Waals surface area contributed by atoms with Crippen LogP contribution >= 0.6 is 11.3 Å². The summed E-state index contributed by atoms with van der Waals surface area (Å²) < 4.78 is 9.91. The van der Waals surface area contributed by atoms with Crippen molar-refractivity contribution in [2.24, 2.45) is 5.41 Å². The molecule has 0 amide bonds. The van der Waals surface area contributed by atoms with Gasteiger partial charge in [0, 0.05) is 25.7 Å². The van der Waals surface area contributed by atoms with Gasteiger partial charge in [-0.25, -0.2) is 14.6 Å². The Morgan fingerprint density at radius 3 is 2.45 bits per heavy atom. The van der Waals surface area contributed by atoms with Crippen molar-refractivity contribution in [3.05, 3.63) is 52.0 Å². The highest BCUT2D eigenvalue weighted by Gasteiger charge is 2.27. The topological polar surface area (TPSA) is 119 Å². The number of hydrogen-bond acceptors (Lipinski definition) is 11. The lowest BCUT2D eigenvalue weighted by Crippen LogP contribution is -2.37. The van der Waals surface area contributed by atoms with Crippen molar-refractivity contribution in [3.63, 3.8) is 0 Å². The number of aromatic nitrogens is 3. The molecule has 4 rings (SSSR count). The third-order valence-corrected chi connectivity index (χ3v) is 7.53. The Morgan fingerprint density at radius 2 is 1.79 bits per heavy atom. The first-order valence-electron chi connectivity index (χ1n) is 12.6. The molecule has 3 heterocycles. The van der Waals surface area contributed by atoms with E-state index in [0.717, 1.165) is 37.3 Å². The van der Waals surface area contributed by atoms with Crippen LogP contribution in [0.15, 0.2) is 30.3 Å². The first-order chi connectivity index (χ1) is 18.2. The first kappa shape index (κ1) is 27.3. The molecule has 0 aliphatic carbocycles. The van der Waals surface area contributed by atoms with Crippen LogP contribution in [0.25, 0.3) is 0 Å². The highest BCUT2D eigenvalue weighted by molar-refractivity contribution is 7.17. The number of aryl methyl sites for hydroxylation is 1. The van der Waals surface area contributed by atoms with E-state index in [0.29, 0.717) is 51.6 Å². The summed E-state index contributed by atoms with van der Waals surface area (Å²) >= 11 is 1.22. The van der Waals surface area contributed by atoms with Crippen molar-refractivity contribution in [1.29, 1.82) is 0 Å². The standard InChI is InChI=1S/C27H34N6O4S/c1-6-37-24(35)22-17(2)29-26(38-22)32-25-30-20(15-21(31-25)33-13-11-27(3,4)12-14-33)28-16-18-7-9-19(10-8-18)23(34)36-5/h7-10,15H,6,11-14,16H2,1-5H3,(H2,28,29,30,31,32). The van der Waals surface area contributed by atoms with Crippen molar-refractivity contribution in [2.45, 2.75) is 47.1 Å². The molecule has 38 heavy (non-hydrogen) atoms. The van der Waals surface area contributed by atoms with Crippen molar-refractivity contribution in [2.75, 3.05) is 42.3 Å². The van der Waals surface area contributed by atoms with E-state index in [2.05, 4.69) is 39.3 Å². The lowest BCUT2D eigenvalue weighted by Gasteiger charge is -2.37. The summed E-state index contributed by atoms with van der Waals surface area (Å²) in [5, 5.41) is 7.07. The molecule has 3 aromatic rings. The van der Waals surface area contributed by atoms with Crippen LogP contribution in [0.4, 0.5) is 22.7 Å². The second-order valence-corrected chi connectivity index (χ2v) is 10.9. The second-order valence-electron chi connectivity index (χ2n) is 9.91. The SMILES string of the molecule is CCOC(=O)c1sc(Nc2nc(NCc3ccc(C(=O)OC)cc3)cc(N3CCC(C)(C)CC3)n2)nc1C. The van der Waals surface area contributed by atoms with E-state index in [9.17, 15) is 9.59 Å². The normalized spacial score (nSPS) is 14.6. The molecule has 0 atom stereocenters. The van der Waals surface area contributed by atoms with Crippen LogP contribution in [-0.2, 0) is 16.0 Å². The average Bonchev–Trinajstić information content (AvgIpc) is 3.27. The molecule has 0 bridgehead atoms. The third kappa shape index (κ3) is 6.77. The maximum absolute atomic E-state index is 12.2. The molecule has 1 saturated heterocycles. The summed E-state index contributed by atoms with van der Waals surface area (Å²) in [5.41, 5.74) is 2.39. The van der Waals surface area contributed by atoms with E-state index >= 15 is 0 Å². The maximum atomic E-state index is 12.2. The Morgan fingerprint density at radius 1 is 1.08 bits per heavy atom. The van der Waals surface area contributed by atoms with Gasteiger partial charge in [-0.3, -0.25) is 5.32 Å². The molecule has 1 aromatic carbocycles. The molecule has 10 nitrogen and oxygen atoms in total. The number of carbonyl (C=O) groups excluding carboxylic acids is 2. The van der Waals surface area contributed by atoms with Gasteiger partial charge in [0.2, 0.25) is 5.95 Å². The van der Waals surface area contributed by atoms with Crippen LogP contribution in [0.3, 0.4) is 0 Å². The van der Waals surface area contributed by atoms with Crippen molar-refractivity contribution < 1.29 is 19.1 Å². The summed E-state index contributed by atoms with van der Waals surface area (Å²) in [6, 6.07) is 9.18. The van der Waals surface area contributed by atoms with Gasteiger partial charge < -0.3 is 19.7 Å². The Balaban J connectivity index is 1.56. The predicted octanol–water partition coefficient (Wildman–Crippen LogP) is 5.19. The fourth-order valence-corrected chi connectivity index (χ4v) is 4.94. The van der Waals surface area contributed by atoms with Crippen molar-refractivity contribution in [1.82, 2.24) is 15.0 Å². The van der Waals surface area contributed by atoms with E-state index < -0.39 is 0 Å². The lowest BCUT2D eigenvalue weighted by atomic mass is 9.83. The van der Waals surface area contributed by atoms with E-state index in [-0.39, 0.29) is 11.9 Å². The van der Waals surface area contributed by atoms with Gasteiger partial charge >= 0.3 is 11.9 Å². The number of thiazole rings is 1. The average molecular weight is 539 g/mol. The van der Waals surface area contributed by atoms with Crippen molar-refractivity contribution >= 4 is 46.0 Å². The number of rotatable bonds is 9. The van der Waals surface area contributed by atoms with Gasteiger partial charge in [-0.15, -0.1) is 0 Å². The van der Waals surface area contributed by atoms with Crippen LogP contribution < -0.4 is 15.5 Å². The molecule has 11 heteroatoms. The van der Waals surface area contributed by atoms with Crippen LogP contribution in [0.2, 0.25) is 0 Å². The summed E-state index contributed by atoms with van der Waals surface area (Å²) in [6.07, 6.45) is 2.15. The molecule has 2 aromatic heterocycles. The monoisotopic (exact) mass is 538 g/mol. The van der Waals surface area contributed by atoms with E-state index in [4.69, 9.17) is 14.5 Å². The zero-order valence-corrected chi connectivity index (χ0v) is 23.3. The Kier molecular flexibility index (Phi) is 8.45. The van der Waals surface area contributed by atoms with Gasteiger partial charge in [0.25, 0.3) is 0 Å². The summed E-state index contributed by atoms with van der Waals surface area (Å²) in [4.78, 5) is 40.6. The molecule has 202 valence electrons. The zero-order chi connectivity index (χ0) is 27.3. The highest BCUT2D eigenvalue weighted by Crippen LogP contribution is 2.33. The number of piperidine rings is 1. The largest absolute Gasteiger partial charge is 0.465 e. The van der Waals surface area contributed by atoms with Crippen LogP contribution in [0.5, 0.6) is 0 Å². The highest BCUT2D eigenvalue weighted by atomic mass is 32.1. The number of methoxy groups -OCH3 is 1. The fourth-order valence-electron chi connectivity index (χ4n) is 4.08. The van der Waals surface area contributed by atoms with Gasteiger partial charge in [0.05, 0.1) is 25.0 Å². The van der Waals surface area contributed by atoms with Gasteiger partial charge in [0.1, 0.15) is 16.5 Å². The molecule has 2 N–H and O–H groups in total. The molecule has 1 aliphatic rings. The quantitative estimate of drug-likeness (QED) is 0.352. The minimum Gasteiger partial charge on any atom is -0.465 e. The number of ether oxygens (including phenoxy) is 2. The predicted molar refractivity (Wildman–Crippen MR) is 148 cm³/mol. The fraction of sp³-hybridized carbons (Fsp3) is 0.444. The van der Waals surface area contributed by atoms with Gasteiger partial charge in [-0.2, -0.15) is 9.97 Å². The summed E-state index contributed by atoms with van der Waals surface area (Å²) in [5.74, 6) is 1.11.